The van der Waals surface area contributed by atoms with Gasteiger partial charge in [-0.25, -0.2) is 4.79 Å². The molecule has 0 spiro atoms. The molecule has 0 heterocycles. The Balaban J connectivity index is 2.94. The van der Waals surface area contributed by atoms with E-state index in [9.17, 15) is 9.35 Å². The fourth-order valence-electron chi connectivity index (χ4n) is 1.25. The largest absolute Gasteiger partial charge is 0.462 e. The number of esters is 1. The molecular weight excluding hydrogens is 276 g/mol. The second-order valence-electron chi connectivity index (χ2n) is 3.46. The zero-order chi connectivity index (χ0) is 12.9. The number of benzene rings is 1. The van der Waals surface area contributed by atoms with E-state index in [2.05, 4.69) is 0 Å². The number of carbonyl (C=O) groups is 1. The third kappa shape index (κ3) is 4.31. The van der Waals surface area contributed by atoms with Crippen LogP contribution in [0.25, 0.3) is 0 Å². The predicted molar refractivity (Wildman–Crippen MR) is 74.6 cm³/mol. The first-order chi connectivity index (χ1) is 7.96. The van der Waals surface area contributed by atoms with Crippen molar-refractivity contribution >= 4 is 35.8 Å². The van der Waals surface area contributed by atoms with Crippen molar-refractivity contribution in [3.8, 4) is 0 Å². The Labute approximate surface area is 111 Å². The molecule has 0 amide bonds. The highest BCUT2D eigenvalue weighted by Crippen LogP contribution is 2.17. The fraction of sp³-hybridized carbons (Fsp3) is 0.364. The molecule has 1 N–H and O–H groups in total. The van der Waals surface area contributed by atoms with E-state index in [0.717, 1.165) is 12.8 Å². The van der Waals surface area contributed by atoms with Crippen LogP contribution in [0.5, 0.6) is 0 Å². The van der Waals surface area contributed by atoms with E-state index in [0.29, 0.717) is 11.5 Å². The van der Waals surface area contributed by atoms with E-state index in [1.807, 2.05) is 6.92 Å². The monoisotopic (exact) mass is 290 g/mol. The zero-order valence-electron chi connectivity index (χ0n) is 9.42. The van der Waals surface area contributed by atoms with Gasteiger partial charge in [-0.1, -0.05) is 25.5 Å². The highest BCUT2D eigenvalue weighted by atomic mass is 33.1. The number of unbranched alkanes of at least 4 members (excludes halogenated alkanes) is 1. The molecule has 3 nitrogen and oxygen atoms in total. The van der Waals surface area contributed by atoms with Crippen molar-refractivity contribution in [1.82, 2.24) is 0 Å². The summed E-state index contributed by atoms with van der Waals surface area (Å²) in [6, 6.07) is 6.52. The van der Waals surface area contributed by atoms with Crippen molar-refractivity contribution in [2.24, 2.45) is 0 Å². The second-order valence-corrected chi connectivity index (χ2v) is 8.38. The maximum absolute atomic E-state index is 11.8. The molecule has 0 aromatic heterocycles. The molecule has 0 aliphatic heterocycles. The summed E-state index contributed by atoms with van der Waals surface area (Å²) in [7, 11) is -2.74. The highest BCUT2D eigenvalue weighted by molar-refractivity contribution is 8.53. The van der Waals surface area contributed by atoms with Crippen LogP contribution in [0, 0.1) is 0 Å². The van der Waals surface area contributed by atoms with Gasteiger partial charge in [0.2, 0.25) is 0 Å². The number of carbonyl (C=O) groups excluding carboxylic acids is 1. The van der Waals surface area contributed by atoms with Crippen LogP contribution in [0.1, 0.15) is 30.1 Å². The Hall–Kier alpha value is -0.560. The van der Waals surface area contributed by atoms with Gasteiger partial charge >= 0.3 is 5.97 Å². The van der Waals surface area contributed by atoms with Crippen LogP contribution in [0.3, 0.4) is 0 Å². The van der Waals surface area contributed by atoms with Gasteiger partial charge in [0.15, 0.2) is 0 Å². The molecule has 0 aliphatic carbocycles. The Morgan fingerprint density at radius 2 is 2.06 bits per heavy atom. The van der Waals surface area contributed by atoms with Gasteiger partial charge < -0.3 is 9.29 Å². The number of hydrogen-bond donors (Lipinski definition) is 1. The molecule has 0 bridgehead atoms. The maximum atomic E-state index is 11.8. The van der Waals surface area contributed by atoms with E-state index in [4.69, 9.17) is 27.1 Å². The maximum Gasteiger partial charge on any atom is 0.339 e. The molecule has 0 aliphatic rings. The van der Waals surface area contributed by atoms with Gasteiger partial charge in [0.1, 0.15) is 0 Å². The minimum absolute atomic E-state index is 0.270. The smallest absolute Gasteiger partial charge is 0.339 e. The summed E-state index contributed by atoms with van der Waals surface area (Å²) >= 11 is 9.68. The molecule has 0 atom stereocenters. The molecule has 0 radical (unpaired) electrons. The summed E-state index contributed by atoms with van der Waals surface area (Å²) < 4.78 is 14.8. The predicted octanol–water partition coefficient (Wildman–Crippen LogP) is 2.55. The van der Waals surface area contributed by atoms with Gasteiger partial charge in [-0.05, 0) is 40.9 Å². The Kier molecular flexibility index (Phi) is 5.45. The first-order valence-electron chi connectivity index (χ1n) is 5.20. The quantitative estimate of drug-likeness (QED) is 0.667. The lowest BCUT2D eigenvalue weighted by Crippen LogP contribution is -2.11. The Morgan fingerprint density at radius 1 is 1.41 bits per heavy atom. The van der Waals surface area contributed by atoms with Crippen molar-refractivity contribution in [3.63, 3.8) is 0 Å². The van der Waals surface area contributed by atoms with Crippen LogP contribution >= 0.6 is 0 Å². The molecular formula is C11H14O3S3. The molecule has 1 aromatic carbocycles. The Bertz CT molecular complexity index is 494. The van der Waals surface area contributed by atoms with E-state index in [-0.39, 0.29) is 5.56 Å². The van der Waals surface area contributed by atoms with Crippen molar-refractivity contribution in [1.29, 1.82) is 0 Å². The van der Waals surface area contributed by atoms with Crippen LogP contribution in [0.4, 0.5) is 0 Å². The number of rotatable bonds is 5. The zero-order valence-corrected chi connectivity index (χ0v) is 11.9. The average Bonchev–Trinajstić information content (AvgIpc) is 2.28. The van der Waals surface area contributed by atoms with E-state index in [1.165, 1.54) is 0 Å². The molecule has 17 heavy (non-hydrogen) atoms. The first-order valence-corrected chi connectivity index (χ1v) is 8.64. The van der Waals surface area contributed by atoms with E-state index in [1.54, 1.807) is 24.3 Å². The normalized spacial score (nSPS) is 11.2. The average molecular weight is 290 g/mol. The van der Waals surface area contributed by atoms with Crippen LogP contribution in [-0.2, 0) is 34.5 Å². The van der Waals surface area contributed by atoms with Gasteiger partial charge in [0, 0.05) is 7.43 Å². The molecule has 0 fully saturated rings. The SMILES string of the molecule is CCCCOC(=O)c1ccccc1S(O)(=S)=S. The molecule has 1 aromatic rings. The van der Waals surface area contributed by atoms with Gasteiger partial charge in [0.05, 0.1) is 17.1 Å². The minimum atomic E-state index is -2.74. The van der Waals surface area contributed by atoms with Gasteiger partial charge in [-0.2, -0.15) is 0 Å². The summed E-state index contributed by atoms with van der Waals surface area (Å²) in [5.74, 6) is -0.477. The Morgan fingerprint density at radius 3 is 2.65 bits per heavy atom. The molecule has 0 saturated carbocycles. The third-order valence-corrected chi connectivity index (χ3v) is 4.11. The van der Waals surface area contributed by atoms with Crippen molar-refractivity contribution in [3.05, 3.63) is 29.8 Å². The molecule has 0 unspecified atom stereocenters. The summed E-state index contributed by atoms with van der Waals surface area (Å²) in [4.78, 5) is 12.1. The van der Waals surface area contributed by atoms with Gasteiger partial charge in [0.25, 0.3) is 0 Å². The third-order valence-electron chi connectivity index (χ3n) is 2.12. The summed E-state index contributed by atoms with van der Waals surface area (Å²) in [5, 5.41) is 0. The lowest BCUT2D eigenvalue weighted by molar-refractivity contribution is 0.0495. The number of hydrogen-bond acceptors (Lipinski definition) is 4. The van der Waals surface area contributed by atoms with Crippen LogP contribution in [0.2, 0.25) is 0 Å². The van der Waals surface area contributed by atoms with E-state index >= 15 is 0 Å². The number of ether oxygens (including phenoxy) is 1. The summed E-state index contributed by atoms with van der Waals surface area (Å²) in [6.45, 7) is 2.38. The van der Waals surface area contributed by atoms with Crippen molar-refractivity contribution in [2.45, 2.75) is 24.7 Å². The molecule has 6 heteroatoms. The van der Waals surface area contributed by atoms with Gasteiger partial charge in [-0.3, -0.25) is 0 Å². The summed E-state index contributed by atoms with van der Waals surface area (Å²) in [6.07, 6.45) is 1.76. The lowest BCUT2D eigenvalue weighted by Gasteiger charge is -2.09. The van der Waals surface area contributed by atoms with Crippen molar-refractivity contribution < 1.29 is 14.1 Å². The molecule has 0 saturated heterocycles. The first kappa shape index (κ1) is 14.5. The van der Waals surface area contributed by atoms with Gasteiger partial charge in [-0.15, -0.1) is 0 Å². The fourth-order valence-corrected chi connectivity index (χ4v) is 2.80. The van der Waals surface area contributed by atoms with Crippen molar-refractivity contribution in [2.75, 3.05) is 6.61 Å². The second kappa shape index (κ2) is 6.39. The van der Waals surface area contributed by atoms with Crippen LogP contribution in [-0.4, -0.2) is 17.1 Å². The lowest BCUT2D eigenvalue weighted by atomic mass is 10.2. The van der Waals surface area contributed by atoms with Crippen LogP contribution in [0.15, 0.2) is 29.2 Å². The standard InChI is InChI=1S/C11H14O3S3/c1-2-3-8-14-11(12)9-6-4-5-7-10(9)17(13,15)16/h4-7H,2-3,8H2,1H3,(H,13,15,16). The molecule has 1 rings (SSSR count). The van der Waals surface area contributed by atoms with Crippen LogP contribution < -0.4 is 0 Å². The highest BCUT2D eigenvalue weighted by Gasteiger charge is 2.15. The van der Waals surface area contributed by atoms with E-state index < -0.39 is 13.4 Å². The molecule has 94 valence electrons. The minimum Gasteiger partial charge on any atom is -0.462 e. The topological polar surface area (TPSA) is 46.5 Å². The summed E-state index contributed by atoms with van der Waals surface area (Å²) in [5.41, 5.74) is 0.270.